The maximum Gasteiger partial charge on any atom is 0.196 e. The van der Waals surface area contributed by atoms with E-state index in [1.165, 1.54) is 16.7 Å². The lowest BCUT2D eigenvalue weighted by Crippen LogP contribution is -2.07. The van der Waals surface area contributed by atoms with Gasteiger partial charge in [-0.2, -0.15) is 4.39 Å². The first kappa shape index (κ1) is 11.0. The molecule has 0 radical (unpaired) electrons. The molecule has 1 unspecified atom stereocenters. The Labute approximate surface area is 82.8 Å². The van der Waals surface area contributed by atoms with E-state index in [0.717, 1.165) is 0 Å². The fraction of sp³-hybridized carbons (Fsp3) is 0.600. The second-order valence-electron chi connectivity index (χ2n) is 3.37. The number of hydrogen-bond acceptors (Lipinski definition) is 2. The van der Waals surface area contributed by atoms with Crippen molar-refractivity contribution in [2.24, 2.45) is 0 Å². The molecule has 0 bridgehead atoms. The van der Waals surface area contributed by atoms with Gasteiger partial charge >= 0.3 is 0 Å². The number of aromatic hydroxyl groups is 1. The summed E-state index contributed by atoms with van der Waals surface area (Å²) < 4.78 is 14.2. The molecule has 0 aliphatic carbocycles. The lowest BCUT2D eigenvalue weighted by Gasteiger charge is -2.08. The number of halogens is 1. The van der Waals surface area contributed by atoms with Crippen molar-refractivity contribution in [3.8, 4) is 5.88 Å². The highest BCUT2D eigenvalue weighted by atomic mass is 19.1. The maximum absolute atomic E-state index is 13.0. The Kier molecular flexibility index (Phi) is 3.95. The van der Waals surface area contributed by atoms with Gasteiger partial charge in [0.25, 0.3) is 0 Å². The van der Waals surface area contributed by atoms with Gasteiger partial charge in [-0.05, 0) is 25.3 Å². The summed E-state index contributed by atoms with van der Waals surface area (Å²) in [5.74, 6) is -0.498. The van der Waals surface area contributed by atoms with Crippen molar-refractivity contribution in [2.75, 3.05) is 0 Å². The molecule has 0 fully saturated rings. The zero-order valence-corrected chi connectivity index (χ0v) is 8.28. The number of aliphatic hydroxyl groups excluding tert-OH is 1. The Morgan fingerprint density at radius 1 is 1.50 bits per heavy atom. The molecule has 0 saturated heterocycles. The van der Waals surface area contributed by atoms with Crippen molar-refractivity contribution in [1.82, 2.24) is 4.57 Å². The lowest BCUT2D eigenvalue weighted by atomic mass is 10.1. The van der Waals surface area contributed by atoms with Gasteiger partial charge in [0.05, 0.1) is 6.10 Å². The monoisotopic (exact) mass is 201 g/mol. The van der Waals surface area contributed by atoms with E-state index >= 15 is 0 Å². The van der Waals surface area contributed by atoms with Gasteiger partial charge in [-0.25, -0.2) is 0 Å². The molecule has 0 aromatic carbocycles. The molecule has 0 amide bonds. The van der Waals surface area contributed by atoms with Crippen LogP contribution in [-0.2, 0) is 6.54 Å². The summed E-state index contributed by atoms with van der Waals surface area (Å²) in [6.45, 7) is 2.31. The van der Waals surface area contributed by atoms with Crippen LogP contribution in [0.1, 0.15) is 26.2 Å². The van der Waals surface area contributed by atoms with E-state index in [9.17, 15) is 14.6 Å². The van der Waals surface area contributed by atoms with Crippen LogP contribution in [-0.4, -0.2) is 20.9 Å². The Morgan fingerprint density at radius 2 is 2.21 bits per heavy atom. The summed E-state index contributed by atoms with van der Waals surface area (Å²) in [4.78, 5) is 0. The van der Waals surface area contributed by atoms with Crippen LogP contribution in [0.5, 0.6) is 5.88 Å². The van der Waals surface area contributed by atoms with Crippen molar-refractivity contribution >= 4 is 0 Å². The average molecular weight is 201 g/mol. The van der Waals surface area contributed by atoms with Crippen LogP contribution in [0, 0.1) is 5.95 Å². The largest absolute Gasteiger partial charge is 0.494 e. The SMILES string of the molecule is CCC(O)CCCn1c(O)ccc1F. The van der Waals surface area contributed by atoms with Crippen molar-refractivity contribution in [1.29, 1.82) is 0 Å². The van der Waals surface area contributed by atoms with E-state index in [1.54, 1.807) is 0 Å². The summed E-state index contributed by atoms with van der Waals surface area (Å²) >= 11 is 0. The lowest BCUT2D eigenvalue weighted by molar-refractivity contribution is 0.154. The second kappa shape index (κ2) is 5.00. The van der Waals surface area contributed by atoms with Crippen LogP contribution < -0.4 is 0 Å². The molecule has 1 aromatic heterocycles. The van der Waals surface area contributed by atoms with Crippen molar-refractivity contribution < 1.29 is 14.6 Å². The first-order chi connectivity index (χ1) is 6.65. The average Bonchev–Trinajstić information content (AvgIpc) is 2.48. The molecule has 0 aliphatic heterocycles. The van der Waals surface area contributed by atoms with Crippen molar-refractivity contribution in [2.45, 2.75) is 38.8 Å². The maximum atomic E-state index is 13.0. The summed E-state index contributed by atoms with van der Waals surface area (Å²) in [7, 11) is 0. The fourth-order valence-corrected chi connectivity index (χ4v) is 1.34. The third kappa shape index (κ3) is 2.73. The van der Waals surface area contributed by atoms with Crippen LogP contribution in [0.25, 0.3) is 0 Å². The number of rotatable bonds is 5. The van der Waals surface area contributed by atoms with Gasteiger partial charge in [-0.15, -0.1) is 0 Å². The highest BCUT2D eigenvalue weighted by molar-refractivity contribution is 5.12. The fourth-order valence-electron chi connectivity index (χ4n) is 1.34. The number of aromatic nitrogens is 1. The zero-order valence-electron chi connectivity index (χ0n) is 8.28. The number of nitrogens with zero attached hydrogens (tertiary/aromatic N) is 1. The Bertz CT molecular complexity index is 266. The van der Waals surface area contributed by atoms with E-state index in [-0.39, 0.29) is 12.0 Å². The van der Waals surface area contributed by atoms with Crippen molar-refractivity contribution in [3.63, 3.8) is 0 Å². The van der Waals surface area contributed by atoms with Gasteiger partial charge in [0.2, 0.25) is 0 Å². The molecule has 0 spiro atoms. The van der Waals surface area contributed by atoms with E-state index in [0.29, 0.717) is 25.8 Å². The molecule has 1 heterocycles. The molecule has 4 heteroatoms. The molecular weight excluding hydrogens is 185 g/mol. The smallest absolute Gasteiger partial charge is 0.196 e. The molecule has 1 rings (SSSR count). The number of hydrogen-bond donors (Lipinski definition) is 2. The topological polar surface area (TPSA) is 45.4 Å². The first-order valence-electron chi connectivity index (χ1n) is 4.87. The molecular formula is C10H16FNO2. The van der Waals surface area contributed by atoms with Crippen molar-refractivity contribution in [3.05, 3.63) is 18.1 Å². The Morgan fingerprint density at radius 3 is 2.71 bits per heavy atom. The summed E-state index contributed by atoms with van der Waals surface area (Å²) in [5.41, 5.74) is 0. The predicted octanol–water partition coefficient (Wildman–Crippen LogP) is 1.88. The normalized spacial score (nSPS) is 13.1. The van der Waals surface area contributed by atoms with Gasteiger partial charge < -0.3 is 10.2 Å². The minimum Gasteiger partial charge on any atom is -0.494 e. The van der Waals surface area contributed by atoms with Gasteiger partial charge in [0, 0.05) is 12.6 Å². The molecule has 3 nitrogen and oxygen atoms in total. The van der Waals surface area contributed by atoms with Crippen LogP contribution in [0.4, 0.5) is 4.39 Å². The molecule has 2 N–H and O–H groups in total. The van der Waals surface area contributed by atoms with E-state index < -0.39 is 5.95 Å². The predicted molar refractivity (Wildman–Crippen MR) is 51.6 cm³/mol. The van der Waals surface area contributed by atoms with Crippen LogP contribution in [0.15, 0.2) is 12.1 Å². The van der Waals surface area contributed by atoms with Crippen LogP contribution >= 0.6 is 0 Å². The third-order valence-corrected chi connectivity index (χ3v) is 2.29. The molecule has 1 aromatic rings. The highest BCUT2D eigenvalue weighted by Gasteiger charge is 2.06. The summed E-state index contributed by atoms with van der Waals surface area (Å²) in [5, 5.41) is 18.5. The second-order valence-corrected chi connectivity index (χ2v) is 3.37. The Hall–Kier alpha value is -1.03. The van der Waals surface area contributed by atoms with E-state index in [4.69, 9.17) is 0 Å². The summed E-state index contributed by atoms with van der Waals surface area (Å²) in [6.07, 6.45) is 1.68. The van der Waals surface area contributed by atoms with Crippen LogP contribution in [0.3, 0.4) is 0 Å². The zero-order chi connectivity index (χ0) is 10.6. The van der Waals surface area contributed by atoms with E-state index in [1.807, 2.05) is 6.92 Å². The molecule has 14 heavy (non-hydrogen) atoms. The standard InChI is InChI=1S/C10H16FNO2/c1-2-8(13)4-3-7-12-9(11)5-6-10(12)14/h5-6,8,13-14H,2-4,7H2,1H3. The van der Waals surface area contributed by atoms with Gasteiger partial charge in [0.1, 0.15) is 0 Å². The molecule has 1 atom stereocenters. The Balaban J connectivity index is 2.38. The van der Waals surface area contributed by atoms with Gasteiger partial charge in [-0.1, -0.05) is 6.92 Å². The minimum atomic E-state index is -0.437. The number of aliphatic hydroxyl groups is 1. The molecule has 0 saturated carbocycles. The quantitative estimate of drug-likeness (QED) is 0.764. The third-order valence-electron chi connectivity index (χ3n) is 2.29. The van der Waals surface area contributed by atoms with Gasteiger partial charge in [-0.3, -0.25) is 4.57 Å². The summed E-state index contributed by atoms with van der Waals surface area (Å²) in [6, 6.07) is 2.55. The van der Waals surface area contributed by atoms with E-state index in [2.05, 4.69) is 0 Å². The highest BCUT2D eigenvalue weighted by Crippen LogP contribution is 2.15. The first-order valence-corrected chi connectivity index (χ1v) is 4.87. The minimum absolute atomic E-state index is 0.0616. The van der Waals surface area contributed by atoms with Crippen LogP contribution in [0.2, 0.25) is 0 Å². The van der Waals surface area contributed by atoms with Gasteiger partial charge in [0.15, 0.2) is 11.8 Å². The molecule has 0 aliphatic rings. The molecule has 80 valence electrons.